The van der Waals surface area contributed by atoms with E-state index in [1.165, 1.54) is 0 Å². The molecule has 3 aromatic heterocycles. The van der Waals surface area contributed by atoms with Gasteiger partial charge < -0.3 is 10.1 Å². The van der Waals surface area contributed by atoms with Crippen LogP contribution in [0.4, 0.5) is 5.69 Å². The highest BCUT2D eigenvalue weighted by atomic mass is 16.5. The molecule has 0 unspecified atom stereocenters. The molecule has 7 heteroatoms. The fourth-order valence-corrected chi connectivity index (χ4v) is 2.12. The van der Waals surface area contributed by atoms with Crippen LogP contribution in [0.15, 0.2) is 48.9 Å². The smallest absolute Gasteiger partial charge is 0.259 e. The fourth-order valence-electron chi connectivity index (χ4n) is 2.12. The van der Waals surface area contributed by atoms with Gasteiger partial charge in [-0.05, 0) is 31.2 Å². The van der Waals surface area contributed by atoms with E-state index in [1.54, 1.807) is 67.6 Å². The molecule has 3 aromatic rings. The molecule has 1 amide bonds. The summed E-state index contributed by atoms with van der Waals surface area (Å²) in [5, 5.41) is 6.96. The van der Waals surface area contributed by atoms with E-state index in [0.29, 0.717) is 28.6 Å². The van der Waals surface area contributed by atoms with Crippen molar-refractivity contribution in [2.45, 2.75) is 6.92 Å². The lowest BCUT2D eigenvalue weighted by Crippen LogP contribution is -2.17. The summed E-state index contributed by atoms with van der Waals surface area (Å²) in [5.74, 6) is 0.687. The first-order valence-electron chi connectivity index (χ1n) is 6.97. The molecule has 0 spiro atoms. The van der Waals surface area contributed by atoms with E-state index in [0.717, 1.165) is 0 Å². The zero-order valence-electron chi connectivity index (χ0n) is 12.7. The molecule has 0 aliphatic heterocycles. The van der Waals surface area contributed by atoms with Gasteiger partial charge in [0.2, 0.25) is 5.88 Å². The Morgan fingerprint density at radius 2 is 2.09 bits per heavy atom. The largest absolute Gasteiger partial charge is 0.481 e. The van der Waals surface area contributed by atoms with Crippen LogP contribution in [-0.4, -0.2) is 32.8 Å². The molecule has 116 valence electrons. The van der Waals surface area contributed by atoms with Crippen LogP contribution in [0.1, 0.15) is 16.1 Å². The van der Waals surface area contributed by atoms with E-state index in [1.807, 2.05) is 0 Å². The zero-order chi connectivity index (χ0) is 16.2. The molecule has 0 saturated heterocycles. The lowest BCUT2D eigenvalue weighted by molar-refractivity contribution is 0.102. The summed E-state index contributed by atoms with van der Waals surface area (Å²) < 4.78 is 6.61. The maximum Gasteiger partial charge on any atom is 0.259 e. The summed E-state index contributed by atoms with van der Waals surface area (Å²) in [6.45, 7) is 1.80. The number of pyridine rings is 2. The van der Waals surface area contributed by atoms with Crippen molar-refractivity contribution < 1.29 is 9.53 Å². The van der Waals surface area contributed by atoms with Gasteiger partial charge >= 0.3 is 0 Å². The SMILES string of the molecule is COc1ccc(NC(=O)c2cccnc2-n2cccn2)c(C)n1. The Kier molecular flexibility index (Phi) is 4.01. The van der Waals surface area contributed by atoms with E-state index in [9.17, 15) is 4.79 Å². The second-order valence-electron chi connectivity index (χ2n) is 4.77. The lowest BCUT2D eigenvalue weighted by Gasteiger charge is -2.11. The summed E-state index contributed by atoms with van der Waals surface area (Å²) in [6.07, 6.45) is 4.99. The minimum atomic E-state index is -0.279. The van der Waals surface area contributed by atoms with Crippen LogP contribution >= 0.6 is 0 Å². The van der Waals surface area contributed by atoms with E-state index < -0.39 is 0 Å². The first kappa shape index (κ1) is 14.7. The van der Waals surface area contributed by atoms with Gasteiger partial charge in [0.15, 0.2) is 5.82 Å². The minimum absolute atomic E-state index is 0.279. The zero-order valence-corrected chi connectivity index (χ0v) is 12.7. The van der Waals surface area contributed by atoms with E-state index in [2.05, 4.69) is 20.4 Å². The third-order valence-electron chi connectivity index (χ3n) is 3.27. The summed E-state index contributed by atoms with van der Waals surface area (Å²) in [7, 11) is 1.55. The van der Waals surface area contributed by atoms with Gasteiger partial charge in [-0.25, -0.2) is 14.6 Å². The summed E-state index contributed by atoms with van der Waals surface area (Å²) >= 11 is 0. The molecule has 0 bridgehead atoms. The number of carbonyl (C=O) groups is 1. The Morgan fingerprint density at radius 3 is 2.78 bits per heavy atom. The van der Waals surface area contributed by atoms with E-state index in [-0.39, 0.29) is 5.91 Å². The number of hydrogen-bond donors (Lipinski definition) is 1. The molecule has 0 aliphatic rings. The average Bonchev–Trinajstić information content (AvgIpc) is 3.11. The van der Waals surface area contributed by atoms with Crippen LogP contribution in [0.2, 0.25) is 0 Å². The van der Waals surface area contributed by atoms with Crippen LogP contribution in [0.5, 0.6) is 5.88 Å². The van der Waals surface area contributed by atoms with Crippen molar-refractivity contribution >= 4 is 11.6 Å². The number of methoxy groups -OCH3 is 1. The highest BCUT2D eigenvalue weighted by Gasteiger charge is 2.15. The molecule has 0 fully saturated rings. The first-order valence-corrected chi connectivity index (χ1v) is 6.97. The number of aromatic nitrogens is 4. The summed E-state index contributed by atoms with van der Waals surface area (Å²) in [6, 6.07) is 8.63. The maximum absolute atomic E-state index is 12.6. The van der Waals surface area contributed by atoms with Crippen molar-refractivity contribution in [3.8, 4) is 11.7 Å². The molecular formula is C16H15N5O2. The number of nitrogens with one attached hydrogen (secondary N) is 1. The molecule has 23 heavy (non-hydrogen) atoms. The van der Waals surface area contributed by atoms with Gasteiger partial charge in [-0.2, -0.15) is 5.10 Å². The Hall–Kier alpha value is -3.22. The van der Waals surface area contributed by atoms with Crippen molar-refractivity contribution in [3.05, 3.63) is 60.2 Å². The average molecular weight is 309 g/mol. The third kappa shape index (κ3) is 3.03. The number of ether oxygens (including phenoxy) is 1. The first-order chi connectivity index (χ1) is 11.2. The summed E-state index contributed by atoms with van der Waals surface area (Å²) in [4.78, 5) is 21.1. The predicted octanol–water partition coefficient (Wildman–Crippen LogP) is 2.23. The number of aryl methyl sites for hydroxylation is 1. The number of rotatable bonds is 4. The molecule has 7 nitrogen and oxygen atoms in total. The predicted molar refractivity (Wildman–Crippen MR) is 84.8 cm³/mol. The second kappa shape index (κ2) is 6.27. The highest BCUT2D eigenvalue weighted by molar-refractivity contribution is 6.06. The van der Waals surface area contributed by atoms with Gasteiger partial charge in [-0.1, -0.05) is 0 Å². The minimum Gasteiger partial charge on any atom is -0.481 e. The van der Waals surface area contributed by atoms with Crippen LogP contribution in [0.3, 0.4) is 0 Å². The molecule has 3 heterocycles. The standard InChI is InChI=1S/C16H15N5O2/c1-11-13(6-7-14(19-11)23-2)20-16(22)12-5-3-8-17-15(12)21-10-4-9-18-21/h3-10H,1-2H3,(H,20,22). The van der Waals surface area contributed by atoms with Gasteiger partial charge in [0.05, 0.1) is 24.1 Å². The normalized spacial score (nSPS) is 10.3. The van der Waals surface area contributed by atoms with Gasteiger partial charge in [-0.3, -0.25) is 4.79 Å². The molecule has 0 atom stereocenters. The van der Waals surface area contributed by atoms with Gasteiger partial charge in [-0.15, -0.1) is 0 Å². The monoisotopic (exact) mass is 309 g/mol. The Labute approximate surface area is 133 Å². The van der Waals surface area contributed by atoms with Crippen molar-refractivity contribution in [1.29, 1.82) is 0 Å². The third-order valence-corrected chi connectivity index (χ3v) is 3.27. The van der Waals surface area contributed by atoms with Crippen LogP contribution in [0, 0.1) is 6.92 Å². The lowest BCUT2D eigenvalue weighted by atomic mass is 10.2. The van der Waals surface area contributed by atoms with E-state index >= 15 is 0 Å². The van der Waals surface area contributed by atoms with Crippen molar-refractivity contribution in [2.24, 2.45) is 0 Å². The second-order valence-corrected chi connectivity index (χ2v) is 4.77. The Bertz CT molecular complexity index is 830. The molecule has 0 aromatic carbocycles. The van der Waals surface area contributed by atoms with E-state index in [4.69, 9.17) is 4.74 Å². The number of carbonyl (C=O) groups excluding carboxylic acids is 1. The quantitative estimate of drug-likeness (QED) is 0.799. The molecule has 0 radical (unpaired) electrons. The van der Waals surface area contributed by atoms with Gasteiger partial charge in [0, 0.05) is 24.7 Å². The topological polar surface area (TPSA) is 81.9 Å². The van der Waals surface area contributed by atoms with Crippen molar-refractivity contribution in [1.82, 2.24) is 19.7 Å². The number of amides is 1. The van der Waals surface area contributed by atoms with Crippen molar-refractivity contribution in [2.75, 3.05) is 12.4 Å². The number of anilines is 1. The maximum atomic E-state index is 12.6. The van der Waals surface area contributed by atoms with Crippen molar-refractivity contribution in [3.63, 3.8) is 0 Å². The number of nitrogens with zero attached hydrogens (tertiary/aromatic N) is 4. The summed E-state index contributed by atoms with van der Waals surface area (Å²) in [5.41, 5.74) is 1.71. The highest BCUT2D eigenvalue weighted by Crippen LogP contribution is 2.19. The molecule has 0 saturated carbocycles. The molecule has 3 rings (SSSR count). The fraction of sp³-hybridized carbons (Fsp3) is 0.125. The van der Waals surface area contributed by atoms with Crippen LogP contribution < -0.4 is 10.1 Å². The Balaban J connectivity index is 1.90. The molecule has 1 N–H and O–H groups in total. The number of hydrogen-bond acceptors (Lipinski definition) is 5. The van der Waals surface area contributed by atoms with Gasteiger partial charge in [0.25, 0.3) is 5.91 Å². The molecular weight excluding hydrogens is 294 g/mol. The van der Waals surface area contributed by atoms with Gasteiger partial charge in [0.1, 0.15) is 0 Å². The Morgan fingerprint density at radius 1 is 1.22 bits per heavy atom. The van der Waals surface area contributed by atoms with Crippen LogP contribution in [-0.2, 0) is 0 Å². The van der Waals surface area contributed by atoms with Crippen LogP contribution in [0.25, 0.3) is 5.82 Å². The molecule has 0 aliphatic carbocycles.